The van der Waals surface area contributed by atoms with E-state index in [1.165, 1.54) is 0 Å². The van der Waals surface area contributed by atoms with Crippen molar-refractivity contribution in [2.24, 2.45) is 10.8 Å². The Balaban J connectivity index is 1.65. The van der Waals surface area contributed by atoms with Crippen LogP contribution in [0.5, 0.6) is 0 Å². The van der Waals surface area contributed by atoms with Gasteiger partial charge in [0.15, 0.2) is 11.4 Å². The minimum atomic E-state index is -0.515. The van der Waals surface area contributed by atoms with Gasteiger partial charge in [0.05, 0.1) is 24.0 Å². The number of aromatic nitrogens is 4. The number of thiocarbonyl (C=S) groups is 1. The monoisotopic (exact) mass is 411 g/mol. The van der Waals surface area contributed by atoms with Crippen molar-refractivity contribution in [3.05, 3.63) is 34.1 Å². The summed E-state index contributed by atoms with van der Waals surface area (Å²) >= 11 is 16.3. The van der Waals surface area contributed by atoms with Crippen LogP contribution in [0.1, 0.15) is 12.5 Å². The first kappa shape index (κ1) is 17.5. The molecule has 0 saturated carbocycles. The van der Waals surface area contributed by atoms with Crippen LogP contribution in [0.2, 0.25) is 5.02 Å². The number of nitrogens with one attached hydrogen (secondary N) is 1. The van der Waals surface area contributed by atoms with Crippen molar-refractivity contribution in [1.29, 1.82) is 0 Å². The van der Waals surface area contributed by atoms with Crippen molar-refractivity contribution < 1.29 is 9.47 Å². The SMILES string of the molecule is NC(=S)NN=C1C[C@@H](n2nnn(-c3ccc(Cl)cc3)c2=S)[C@@H]2CO[C@H]1O2. The lowest BCUT2D eigenvalue weighted by Gasteiger charge is -2.27. The third-order valence-corrected chi connectivity index (χ3v) is 4.83. The van der Waals surface area contributed by atoms with Crippen LogP contribution in [-0.4, -0.2) is 49.6 Å². The van der Waals surface area contributed by atoms with Gasteiger partial charge in [-0.1, -0.05) is 11.6 Å². The Morgan fingerprint density at radius 2 is 2.12 bits per heavy atom. The third kappa shape index (κ3) is 3.23. The fourth-order valence-electron chi connectivity index (χ4n) is 2.92. The fourth-order valence-corrected chi connectivity index (χ4v) is 3.40. The molecule has 0 unspecified atom stereocenters. The molecule has 0 radical (unpaired) electrons. The van der Waals surface area contributed by atoms with Crippen LogP contribution in [0.25, 0.3) is 5.69 Å². The van der Waals surface area contributed by atoms with Crippen LogP contribution >= 0.6 is 36.0 Å². The van der Waals surface area contributed by atoms with Gasteiger partial charge in [-0.2, -0.15) is 9.78 Å². The van der Waals surface area contributed by atoms with Gasteiger partial charge in [0.2, 0.25) is 4.77 Å². The highest BCUT2D eigenvalue weighted by Gasteiger charge is 2.44. The maximum atomic E-state index is 5.93. The normalized spacial score (nSPS) is 26.2. The zero-order valence-electron chi connectivity index (χ0n) is 13.3. The van der Waals surface area contributed by atoms with E-state index in [-0.39, 0.29) is 17.3 Å². The molecule has 1 aromatic carbocycles. The second kappa shape index (κ2) is 7.00. The number of fused-ring (bicyclic) bond motifs is 2. The number of hydrogen-bond donors (Lipinski definition) is 2. The van der Waals surface area contributed by atoms with Crippen molar-refractivity contribution >= 4 is 46.9 Å². The van der Waals surface area contributed by atoms with Gasteiger partial charge in [0, 0.05) is 11.4 Å². The Morgan fingerprint density at radius 1 is 1.35 bits per heavy atom. The van der Waals surface area contributed by atoms with Crippen LogP contribution in [0, 0.1) is 4.77 Å². The number of rotatable bonds is 3. The first-order valence-corrected chi connectivity index (χ1v) is 8.92. The van der Waals surface area contributed by atoms with Crippen molar-refractivity contribution in [2.75, 3.05) is 6.61 Å². The molecule has 2 bridgehead atoms. The molecule has 136 valence electrons. The summed E-state index contributed by atoms with van der Waals surface area (Å²) in [4.78, 5) is 0. The minimum absolute atomic E-state index is 0.0689. The smallest absolute Gasteiger partial charge is 0.221 e. The van der Waals surface area contributed by atoms with Crippen LogP contribution < -0.4 is 11.2 Å². The van der Waals surface area contributed by atoms with Gasteiger partial charge in [-0.3, -0.25) is 5.43 Å². The number of nitrogens with two attached hydrogens (primary N) is 1. The van der Waals surface area contributed by atoms with E-state index in [4.69, 9.17) is 51.2 Å². The number of hydrogen-bond acceptors (Lipinski definition) is 7. The van der Waals surface area contributed by atoms with E-state index >= 15 is 0 Å². The molecule has 0 spiro atoms. The summed E-state index contributed by atoms with van der Waals surface area (Å²) in [6, 6.07) is 6.98. The van der Waals surface area contributed by atoms with Crippen LogP contribution in [0.3, 0.4) is 0 Å². The van der Waals surface area contributed by atoms with Gasteiger partial charge in [-0.05, 0) is 59.1 Å². The Bertz CT molecular complexity index is 926. The third-order valence-electron chi connectivity index (χ3n) is 4.13. The number of hydrazone groups is 1. The summed E-state index contributed by atoms with van der Waals surface area (Å²) in [6.07, 6.45) is -0.178. The van der Waals surface area contributed by atoms with E-state index < -0.39 is 6.29 Å². The number of ether oxygens (including phenoxy) is 2. The predicted molar refractivity (Wildman–Crippen MR) is 101 cm³/mol. The summed E-state index contributed by atoms with van der Waals surface area (Å²) < 4.78 is 15.1. The molecule has 3 heterocycles. The first-order valence-electron chi connectivity index (χ1n) is 7.72. The average Bonchev–Trinajstić information content (AvgIpc) is 3.20. The second-order valence-electron chi connectivity index (χ2n) is 5.78. The molecule has 2 fully saturated rings. The molecule has 2 aliphatic heterocycles. The lowest BCUT2D eigenvalue weighted by Crippen LogP contribution is -2.39. The van der Waals surface area contributed by atoms with E-state index in [9.17, 15) is 0 Å². The molecule has 4 rings (SSSR count). The van der Waals surface area contributed by atoms with Crippen LogP contribution in [0.4, 0.5) is 0 Å². The molecule has 2 aromatic rings. The zero-order valence-corrected chi connectivity index (χ0v) is 15.7. The van der Waals surface area contributed by atoms with E-state index in [1.54, 1.807) is 21.5 Å². The zero-order chi connectivity index (χ0) is 18.3. The Hall–Kier alpha value is -1.92. The highest BCUT2D eigenvalue weighted by molar-refractivity contribution is 7.80. The lowest BCUT2D eigenvalue weighted by molar-refractivity contribution is -0.0324. The summed E-state index contributed by atoms with van der Waals surface area (Å²) in [5.41, 5.74) is 9.41. The highest BCUT2D eigenvalue weighted by atomic mass is 35.5. The Kier molecular flexibility index (Phi) is 4.71. The molecule has 3 atom stereocenters. The maximum Gasteiger partial charge on any atom is 0.221 e. The van der Waals surface area contributed by atoms with Gasteiger partial charge in [-0.15, -0.1) is 0 Å². The molecule has 2 saturated heterocycles. The minimum Gasteiger partial charge on any atom is -0.375 e. The molecule has 12 heteroatoms. The summed E-state index contributed by atoms with van der Waals surface area (Å²) in [5.74, 6) is 0. The summed E-state index contributed by atoms with van der Waals surface area (Å²) in [6.45, 7) is 0.414. The number of benzene rings is 1. The fraction of sp³-hybridized carbons (Fsp3) is 0.357. The van der Waals surface area contributed by atoms with E-state index in [1.807, 2.05) is 12.1 Å². The average molecular weight is 412 g/mol. The quantitative estimate of drug-likeness (QED) is 0.575. The number of halogens is 1. The number of nitrogens with zero attached hydrogens (tertiary/aromatic N) is 5. The van der Waals surface area contributed by atoms with Gasteiger partial charge in [0.1, 0.15) is 6.10 Å². The molecule has 26 heavy (non-hydrogen) atoms. The molecule has 2 aliphatic rings. The number of tetrazole rings is 1. The molecule has 9 nitrogen and oxygen atoms in total. The molecule has 1 aromatic heterocycles. The van der Waals surface area contributed by atoms with Crippen molar-refractivity contribution in [3.63, 3.8) is 0 Å². The Morgan fingerprint density at radius 3 is 2.85 bits per heavy atom. The van der Waals surface area contributed by atoms with E-state index in [2.05, 4.69) is 21.0 Å². The molecule has 0 aliphatic carbocycles. The summed E-state index contributed by atoms with van der Waals surface area (Å²) in [7, 11) is 0. The maximum absolute atomic E-state index is 5.93. The van der Waals surface area contributed by atoms with Gasteiger partial charge < -0.3 is 15.2 Å². The van der Waals surface area contributed by atoms with E-state index in [0.717, 1.165) is 5.69 Å². The largest absolute Gasteiger partial charge is 0.375 e. The van der Waals surface area contributed by atoms with Crippen LogP contribution in [0.15, 0.2) is 29.4 Å². The Labute approximate surface area is 163 Å². The van der Waals surface area contributed by atoms with Gasteiger partial charge >= 0.3 is 0 Å². The molecule has 3 N–H and O–H groups in total. The molecular formula is C14H14ClN7O2S2. The van der Waals surface area contributed by atoms with Crippen molar-refractivity contribution in [3.8, 4) is 5.69 Å². The molecule has 0 amide bonds. The second-order valence-corrected chi connectivity index (χ2v) is 7.03. The topological polar surface area (TPSA) is 105 Å². The first-order chi connectivity index (χ1) is 12.5. The van der Waals surface area contributed by atoms with Crippen molar-refractivity contribution in [1.82, 2.24) is 25.2 Å². The van der Waals surface area contributed by atoms with Crippen molar-refractivity contribution in [2.45, 2.75) is 24.9 Å². The standard InChI is InChI=1S/C14H14ClN7O2S2/c15-7-1-3-8(4-2-7)21-14(26)22(20-19-21)10-5-9(17-18-13(16)25)12-23-6-11(10)24-12/h1-4,10-12H,5-6H2,(H3,16,18,25)/t10-,11+,12+/m1/s1. The van der Waals surface area contributed by atoms with E-state index in [0.29, 0.717) is 28.5 Å². The van der Waals surface area contributed by atoms with Gasteiger partial charge in [-0.25, -0.2) is 4.68 Å². The van der Waals surface area contributed by atoms with Gasteiger partial charge in [0.25, 0.3) is 0 Å². The predicted octanol–water partition coefficient (Wildman–Crippen LogP) is 1.33. The summed E-state index contributed by atoms with van der Waals surface area (Å²) in [5, 5.41) is 13.3. The molecular weight excluding hydrogens is 398 g/mol. The highest BCUT2D eigenvalue weighted by Crippen LogP contribution is 2.33. The van der Waals surface area contributed by atoms with Crippen LogP contribution in [-0.2, 0) is 9.47 Å². The lowest BCUT2D eigenvalue weighted by atomic mass is 10.0.